The van der Waals surface area contributed by atoms with Gasteiger partial charge in [-0.05, 0) is 25.3 Å². The molecule has 0 aliphatic rings. The number of benzene rings is 1. The van der Waals surface area contributed by atoms with Gasteiger partial charge in [-0.1, -0.05) is 12.1 Å². The van der Waals surface area contributed by atoms with Crippen molar-refractivity contribution in [1.29, 1.82) is 0 Å². The van der Waals surface area contributed by atoms with Gasteiger partial charge in [0.1, 0.15) is 0 Å². The Balaban J connectivity index is 3.17. The van der Waals surface area contributed by atoms with E-state index >= 15 is 0 Å². The highest BCUT2D eigenvalue weighted by molar-refractivity contribution is 7.98. The second kappa shape index (κ2) is 6.04. The van der Waals surface area contributed by atoms with E-state index in [9.17, 15) is 21.6 Å². The number of hydrogen-bond acceptors (Lipinski definition) is 4. The van der Waals surface area contributed by atoms with Gasteiger partial charge in [-0.15, -0.1) is 0 Å². The number of rotatable bonds is 5. The highest BCUT2D eigenvalue weighted by Gasteiger charge is 2.47. The zero-order valence-corrected chi connectivity index (χ0v) is 12.0. The van der Waals surface area contributed by atoms with Crippen molar-refractivity contribution in [3.05, 3.63) is 24.3 Å². The van der Waals surface area contributed by atoms with Crippen LogP contribution in [-0.4, -0.2) is 32.0 Å². The minimum Gasteiger partial charge on any atom is -0.381 e. The summed E-state index contributed by atoms with van der Waals surface area (Å²) in [5.74, 6) is 0.653. The highest BCUT2D eigenvalue weighted by Crippen LogP contribution is 2.34. The maximum Gasteiger partial charge on any atom is 0.501 e. The van der Waals surface area contributed by atoms with Crippen LogP contribution in [-0.2, 0) is 9.84 Å². The van der Waals surface area contributed by atoms with E-state index in [0.29, 0.717) is 5.75 Å². The molecule has 0 spiro atoms. The second-order valence-electron chi connectivity index (χ2n) is 3.95. The Morgan fingerprint density at radius 2 is 1.89 bits per heavy atom. The summed E-state index contributed by atoms with van der Waals surface area (Å²) in [6.07, 6.45) is 1.86. The molecule has 0 bridgehead atoms. The van der Waals surface area contributed by atoms with Crippen LogP contribution in [0.1, 0.15) is 6.92 Å². The number of para-hydroxylation sites is 1. The highest BCUT2D eigenvalue weighted by atomic mass is 32.2. The zero-order chi connectivity index (χ0) is 14.7. The maximum absolute atomic E-state index is 12.6. The summed E-state index contributed by atoms with van der Waals surface area (Å²) in [7, 11) is -5.34. The third kappa shape index (κ3) is 3.79. The molecular weight excluding hydrogens is 299 g/mol. The van der Waals surface area contributed by atoms with Crippen molar-refractivity contribution in [3.8, 4) is 0 Å². The first-order chi connectivity index (χ1) is 8.70. The molecule has 0 aliphatic carbocycles. The zero-order valence-electron chi connectivity index (χ0n) is 10.4. The van der Waals surface area contributed by atoms with Crippen LogP contribution in [0.25, 0.3) is 0 Å². The number of anilines is 1. The molecule has 0 radical (unpaired) electrons. The van der Waals surface area contributed by atoms with Crippen LogP contribution >= 0.6 is 11.8 Å². The normalized spacial score (nSPS) is 14.2. The minimum absolute atomic E-state index is 0.0265. The average Bonchev–Trinajstić information content (AvgIpc) is 2.28. The van der Waals surface area contributed by atoms with E-state index in [1.54, 1.807) is 6.92 Å². The van der Waals surface area contributed by atoms with Gasteiger partial charge < -0.3 is 5.32 Å². The van der Waals surface area contributed by atoms with Gasteiger partial charge in [-0.25, -0.2) is 8.42 Å². The van der Waals surface area contributed by atoms with Crippen LogP contribution in [0.2, 0.25) is 0 Å². The molecule has 0 amide bonds. The van der Waals surface area contributed by atoms with Crippen molar-refractivity contribution in [2.24, 2.45) is 0 Å². The largest absolute Gasteiger partial charge is 0.501 e. The molecule has 0 saturated heterocycles. The number of sulfone groups is 1. The number of hydrogen-bond donors (Lipinski definition) is 1. The van der Waals surface area contributed by atoms with Crippen LogP contribution in [0.4, 0.5) is 18.9 Å². The molecule has 0 heterocycles. The first-order valence-corrected chi connectivity index (χ1v) is 8.23. The molecule has 1 rings (SSSR count). The van der Waals surface area contributed by atoms with E-state index < -0.39 is 20.2 Å². The third-order valence-corrected chi connectivity index (χ3v) is 4.68. The fourth-order valence-corrected chi connectivity index (χ4v) is 3.01. The molecule has 0 fully saturated rings. The van der Waals surface area contributed by atoms with E-state index in [2.05, 4.69) is 5.32 Å². The Morgan fingerprint density at radius 3 is 2.42 bits per heavy atom. The molecule has 0 saturated carbocycles. The van der Waals surface area contributed by atoms with Gasteiger partial charge in [0.15, 0.2) is 0 Å². The fourth-order valence-electron chi connectivity index (χ4n) is 1.50. The first-order valence-electron chi connectivity index (χ1n) is 5.36. The molecule has 1 aromatic rings. The average molecular weight is 313 g/mol. The summed E-state index contributed by atoms with van der Waals surface area (Å²) >= 11 is 1.51. The molecule has 8 heteroatoms. The lowest BCUT2D eigenvalue weighted by atomic mass is 10.3. The molecule has 1 unspecified atom stereocenters. The molecule has 1 aromatic carbocycles. The van der Waals surface area contributed by atoms with Crippen molar-refractivity contribution in [1.82, 2.24) is 0 Å². The number of halogens is 3. The summed E-state index contributed by atoms with van der Waals surface area (Å²) in [4.78, 5) is -0.740. The molecular formula is C11H14F3NO2S2. The van der Waals surface area contributed by atoms with Crippen LogP contribution < -0.4 is 5.32 Å². The van der Waals surface area contributed by atoms with E-state index in [-0.39, 0.29) is 11.7 Å². The summed E-state index contributed by atoms with van der Waals surface area (Å²) in [6, 6.07) is 4.90. The summed E-state index contributed by atoms with van der Waals surface area (Å²) in [5, 5.41) is 2.79. The summed E-state index contributed by atoms with van der Waals surface area (Å²) < 4.78 is 60.6. The molecule has 1 atom stereocenters. The second-order valence-corrected chi connectivity index (χ2v) is 6.77. The predicted molar refractivity (Wildman–Crippen MR) is 71.1 cm³/mol. The van der Waals surface area contributed by atoms with Crippen LogP contribution in [0, 0.1) is 0 Å². The Hall–Kier alpha value is -0.890. The van der Waals surface area contributed by atoms with Crippen molar-refractivity contribution >= 4 is 27.3 Å². The van der Waals surface area contributed by atoms with Crippen molar-refractivity contribution in [3.63, 3.8) is 0 Å². The van der Waals surface area contributed by atoms with Crippen LogP contribution in [0.5, 0.6) is 0 Å². The fraction of sp³-hybridized carbons (Fsp3) is 0.455. The molecule has 108 valence electrons. The van der Waals surface area contributed by atoms with E-state index in [4.69, 9.17) is 0 Å². The lowest BCUT2D eigenvalue weighted by molar-refractivity contribution is -0.0435. The van der Waals surface area contributed by atoms with Gasteiger partial charge in [-0.3, -0.25) is 0 Å². The Bertz CT molecular complexity index is 529. The van der Waals surface area contributed by atoms with Gasteiger partial charge >= 0.3 is 5.51 Å². The molecule has 0 aliphatic heterocycles. The predicted octanol–water partition coefficient (Wildman–Crippen LogP) is 3.14. The van der Waals surface area contributed by atoms with Gasteiger partial charge in [0.25, 0.3) is 9.84 Å². The number of thioether (sulfide) groups is 1. The molecule has 19 heavy (non-hydrogen) atoms. The van der Waals surface area contributed by atoms with E-state index in [0.717, 1.165) is 6.07 Å². The quantitative estimate of drug-likeness (QED) is 0.907. The van der Waals surface area contributed by atoms with Gasteiger partial charge in [-0.2, -0.15) is 24.9 Å². The van der Waals surface area contributed by atoms with E-state index in [1.807, 2.05) is 6.26 Å². The smallest absolute Gasteiger partial charge is 0.381 e. The van der Waals surface area contributed by atoms with Crippen molar-refractivity contribution in [2.45, 2.75) is 23.4 Å². The summed E-state index contributed by atoms with van der Waals surface area (Å²) in [5.41, 5.74) is -5.32. The van der Waals surface area contributed by atoms with Crippen LogP contribution in [0.15, 0.2) is 29.2 Å². The van der Waals surface area contributed by atoms with Gasteiger partial charge in [0.05, 0.1) is 10.6 Å². The Kier molecular flexibility index (Phi) is 5.14. The monoisotopic (exact) mass is 313 g/mol. The van der Waals surface area contributed by atoms with Gasteiger partial charge in [0.2, 0.25) is 0 Å². The SMILES string of the molecule is CSCC(C)Nc1ccccc1S(=O)(=O)C(F)(F)F. The lowest BCUT2D eigenvalue weighted by Crippen LogP contribution is -2.26. The molecule has 0 aromatic heterocycles. The number of nitrogens with one attached hydrogen (secondary N) is 1. The maximum atomic E-state index is 12.6. The minimum atomic E-state index is -5.34. The Morgan fingerprint density at radius 1 is 1.32 bits per heavy atom. The molecule has 1 N–H and O–H groups in total. The van der Waals surface area contributed by atoms with Crippen LogP contribution in [0.3, 0.4) is 0 Å². The number of alkyl halides is 3. The van der Waals surface area contributed by atoms with Crippen molar-refractivity contribution < 1.29 is 21.6 Å². The van der Waals surface area contributed by atoms with E-state index in [1.165, 1.54) is 30.0 Å². The molecule has 3 nitrogen and oxygen atoms in total. The first kappa shape index (κ1) is 16.2. The standard InChI is InChI=1S/C11H14F3NO2S2/c1-8(7-18-2)15-9-5-3-4-6-10(9)19(16,17)11(12,13)14/h3-6,8,15H,7H2,1-2H3. The summed E-state index contributed by atoms with van der Waals surface area (Å²) in [6.45, 7) is 1.77. The van der Waals surface area contributed by atoms with Gasteiger partial charge in [0, 0.05) is 11.8 Å². The Labute approximate surface area is 114 Å². The third-order valence-electron chi connectivity index (χ3n) is 2.30. The lowest BCUT2D eigenvalue weighted by Gasteiger charge is -2.18. The van der Waals surface area contributed by atoms with Crippen molar-refractivity contribution in [2.75, 3.05) is 17.3 Å². The topological polar surface area (TPSA) is 46.2 Å².